The molecule has 0 amide bonds. The van der Waals surface area contributed by atoms with Gasteiger partial charge >= 0.3 is 0 Å². The molecule has 2 atom stereocenters. The fraction of sp³-hybridized carbons (Fsp3) is 0.375. The summed E-state index contributed by atoms with van der Waals surface area (Å²) in [5, 5.41) is 23.0. The molecule has 2 aromatic rings. The van der Waals surface area contributed by atoms with Gasteiger partial charge in [-0.25, -0.2) is 4.39 Å². The fourth-order valence-corrected chi connectivity index (χ4v) is 3.59. The number of anilines is 1. The van der Waals surface area contributed by atoms with Gasteiger partial charge < -0.3 is 14.7 Å². The van der Waals surface area contributed by atoms with Crippen LogP contribution >= 0.6 is 11.3 Å². The lowest BCUT2D eigenvalue weighted by molar-refractivity contribution is -0.385. The number of thiophene rings is 1. The summed E-state index contributed by atoms with van der Waals surface area (Å²) in [5.41, 5.74) is 0.0203. The second-order valence-electron chi connectivity index (χ2n) is 5.58. The van der Waals surface area contributed by atoms with E-state index in [1.165, 1.54) is 23.5 Å². The summed E-state index contributed by atoms with van der Waals surface area (Å²) in [6.45, 7) is 1.29. The minimum atomic E-state index is -0.652. The molecule has 0 spiro atoms. The third kappa shape index (κ3) is 3.55. The molecule has 6 nitrogen and oxygen atoms in total. The SMILES string of the molecule is O=[N+]([O-])c1ccc(N2CCOCC2CC(O)c2cccs2)c(F)c1. The van der Waals surface area contributed by atoms with Crippen molar-refractivity contribution in [3.8, 4) is 0 Å². The number of hydrogen-bond acceptors (Lipinski definition) is 6. The van der Waals surface area contributed by atoms with Crippen molar-refractivity contribution in [2.24, 2.45) is 0 Å². The molecule has 3 rings (SSSR count). The van der Waals surface area contributed by atoms with Gasteiger partial charge in [-0.05, 0) is 17.5 Å². The zero-order valence-corrected chi connectivity index (χ0v) is 13.6. The number of rotatable bonds is 5. The van der Waals surface area contributed by atoms with Crippen molar-refractivity contribution in [3.63, 3.8) is 0 Å². The zero-order chi connectivity index (χ0) is 17.1. The average Bonchev–Trinajstić information content (AvgIpc) is 3.10. The van der Waals surface area contributed by atoms with Crippen molar-refractivity contribution >= 4 is 22.7 Å². The summed E-state index contributed by atoms with van der Waals surface area (Å²) in [4.78, 5) is 12.8. The van der Waals surface area contributed by atoms with Crippen molar-refractivity contribution in [1.82, 2.24) is 0 Å². The molecule has 0 saturated carbocycles. The number of benzene rings is 1. The van der Waals surface area contributed by atoms with E-state index in [0.29, 0.717) is 31.9 Å². The van der Waals surface area contributed by atoms with Crippen LogP contribution in [0.5, 0.6) is 0 Å². The molecular formula is C16H17FN2O4S. The highest BCUT2D eigenvalue weighted by molar-refractivity contribution is 7.10. The van der Waals surface area contributed by atoms with E-state index in [1.807, 2.05) is 22.4 Å². The number of aliphatic hydroxyl groups excluding tert-OH is 1. The maximum Gasteiger partial charge on any atom is 0.272 e. The molecule has 1 aliphatic rings. The Balaban J connectivity index is 1.80. The van der Waals surface area contributed by atoms with Crippen molar-refractivity contribution in [3.05, 3.63) is 56.5 Å². The molecule has 2 unspecified atom stereocenters. The van der Waals surface area contributed by atoms with Crippen LogP contribution in [-0.2, 0) is 4.74 Å². The van der Waals surface area contributed by atoms with Gasteiger partial charge in [0.05, 0.1) is 42.0 Å². The summed E-state index contributed by atoms with van der Waals surface area (Å²) in [7, 11) is 0. The molecule has 0 aliphatic carbocycles. The van der Waals surface area contributed by atoms with Crippen molar-refractivity contribution < 1.29 is 19.2 Å². The normalized spacial score (nSPS) is 19.2. The predicted octanol–water partition coefficient (Wildman–Crippen LogP) is 3.12. The van der Waals surface area contributed by atoms with Gasteiger partial charge in [-0.1, -0.05) is 6.07 Å². The lowest BCUT2D eigenvalue weighted by Crippen LogP contribution is -2.46. The van der Waals surface area contributed by atoms with Crippen LogP contribution in [-0.4, -0.2) is 35.8 Å². The Kier molecular flexibility index (Phi) is 5.08. The highest BCUT2D eigenvalue weighted by atomic mass is 32.1. The van der Waals surface area contributed by atoms with Gasteiger partial charge in [0.15, 0.2) is 5.82 Å². The summed E-state index contributed by atoms with van der Waals surface area (Å²) in [6.07, 6.45) is -0.253. The van der Waals surface area contributed by atoms with Crippen LogP contribution in [0.4, 0.5) is 15.8 Å². The Morgan fingerprint density at radius 3 is 3.00 bits per heavy atom. The molecule has 1 aromatic heterocycles. The Morgan fingerprint density at radius 2 is 2.33 bits per heavy atom. The Labute approximate surface area is 142 Å². The van der Waals surface area contributed by atoms with Gasteiger partial charge in [-0.2, -0.15) is 0 Å². The molecule has 2 heterocycles. The number of non-ortho nitro benzene ring substituents is 1. The van der Waals surface area contributed by atoms with Crippen LogP contribution in [0.15, 0.2) is 35.7 Å². The van der Waals surface area contributed by atoms with E-state index >= 15 is 0 Å². The van der Waals surface area contributed by atoms with E-state index in [1.54, 1.807) is 0 Å². The zero-order valence-electron chi connectivity index (χ0n) is 12.8. The maximum atomic E-state index is 14.3. The molecular weight excluding hydrogens is 335 g/mol. The van der Waals surface area contributed by atoms with Crippen molar-refractivity contribution in [2.75, 3.05) is 24.7 Å². The largest absolute Gasteiger partial charge is 0.387 e. The van der Waals surface area contributed by atoms with Gasteiger partial charge in [0.25, 0.3) is 5.69 Å². The molecule has 128 valence electrons. The highest BCUT2D eigenvalue weighted by Crippen LogP contribution is 2.31. The number of hydrogen-bond donors (Lipinski definition) is 1. The third-order valence-corrected chi connectivity index (χ3v) is 5.02. The molecule has 1 aliphatic heterocycles. The van der Waals surface area contributed by atoms with Crippen LogP contribution in [0.25, 0.3) is 0 Å². The highest BCUT2D eigenvalue weighted by Gasteiger charge is 2.28. The van der Waals surface area contributed by atoms with Gasteiger partial charge in [-0.3, -0.25) is 10.1 Å². The number of ether oxygens (including phenoxy) is 1. The minimum absolute atomic E-state index is 0.202. The summed E-state index contributed by atoms with van der Waals surface area (Å²) >= 11 is 1.47. The molecule has 0 bridgehead atoms. The van der Waals surface area contributed by atoms with E-state index in [-0.39, 0.29) is 11.7 Å². The standard InChI is InChI=1S/C16H17FN2O4S/c17-13-8-11(19(21)22)3-4-14(13)18-5-6-23-10-12(18)9-15(20)16-2-1-7-24-16/h1-4,7-8,12,15,20H,5-6,9-10H2. The fourth-order valence-electron chi connectivity index (χ4n) is 2.86. The number of morpholine rings is 1. The molecule has 1 N–H and O–H groups in total. The molecule has 24 heavy (non-hydrogen) atoms. The molecule has 1 aromatic carbocycles. The number of aliphatic hydroxyl groups is 1. The van der Waals surface area contributed by atoms with Crippen molar-refractivity contribution in [2.45, 2.75) is 18.6 Å². The third-order valence-electron chi connectivity index (χ3n) is 4.05. The van der Waals surface area contributed by atoms with Gasteiger partial charge in [0.2, 0.25) is 0 Å². The predicted molar refractivity (Wildman–Crippen MR) is 88.9 cm³/mol. The Morgan fingerprint density at radius 1 is 1.50 bits per heavy atom. The maximum absolute atomic E-state index is 14.3. The summed E-state index contributed by atoms with van der Waals surface area (Å²) in [6, 6.07) is 7.16. The number of halogens is 1. The quantitative estimate of drug-likeness (QED) is 0.661. The van der Waals surface area contributed by atoms with Crippen LogP contribution in [0.1, 0.15) is 17.4 Å². The van der Waals surface area contributed by atoms with Crippen LogP contribution in [0.3, 0.4) is 0 Å². The van der Waals surface area contributed by atoms with Gasteiger partial charge in [-0.15, -0.1) is 11.3 Å². The molecule has 0 radical (unpaired) electrons. The molecule has 1 saturated heterocycles. The molecule has 1 fully saturated rings. The first kappa shape index (κ1) is 16.8. The first-order chi connectivity index (χ1) is 11.6. The Hall–Kier alpha value is -2.03. The monoisotopic (exact) mass is 352 g/mol. The van der Waals surface area contributed by atoms with Gasteiger partial charge in [0.1, 0.15) is 0 Å². The van der Waals surface area contributed by atoms with E-state index in [9.17, 15) is 19.6 Å². The van der Waals surface area contributed by atoms with Crippen LogP contribution in [0, 0.1) is 15.9 Å². The van der Waals surface area contributed by atoms with E-state index in [4.69, 9.17) is 4.74 Å². The second kappa shape index (κ2) is 7.25. The smallest absolute Gasteiger partial charge is 0.272 e. The van der Waals surface area contributed by atoms with Crippen LogP contribution < -0.4 is 4.90 Å². The average molecular weight is 352 g/mol. The minimum Gasteiger partial charge on any atom is -0.387 e. The number of nitrogens with zero attached hydrogens (tertiary/aromatic N) is 2. The first-order valence-corrected chi connectivity index (χ1v) is 8.44. The summed E-state index contributed by atoms with van der Waals surface area (Å²) < 4.78 is 19.8. The van der Waals surface area contributed by atoms with E-state index in [0.717, 1.165) is 10.9 Å². The van der Waals surface area contributed by atoms with Crippen LogP contribution in [0.2, 0.25) is 0 Å². The molecule has 8 heteroatoms. The van der Waals surface area contributed by atoms with Crippen molar-refractivity contribution in [1.29, 1.82) is 0 Å². The summed E-state index contributed by atoms with van der Waals surface area (Å²) in [5.74, 6) is -0.637. The van der Waals surface area contributed by atoms with E-state index < -0.39 is 16.8 Å². The Bertz CT molecular complexity index is 710. The number of nitro groups is 1. The van der Waals surface area contributed by atoms with E-state index in [2.05, 4.69) is 0 Å². The lowest BCUT2D eigenvalue weighted by Gasteiger charge is -2.38. The topological polar surface area (TPSA) is 75.8 Å². The second-order valence-corrected chi connectivity index (χ2v) is 6.56. The van der Waals surface area contributed by atoms with Gasteiger partial charge in [0, 0.05) is 23.9 Å². The first-order valence-electron chi connectivity index (χ1n) is 7.56. The number of nitro benzene ring substituents is 1. The lowest BCUT2D eigenvalue weighted by atomic mass is 10.0.